The van der Waals surface area contributed by atoms with Gasteiger partial charge in [-0.25, -0.2) is 8.78 Å². The molecule has 0 spiro atoms. The molecule has 1 aliphatic heterocycles. The molecule has 3 N–H and O–H groups in total. The molecule has 1 saturated heterocycles. The number of carbonyl (C=O) groups is 4. The van der Waals surface area contributed by atoms with E-state index in [1.165, 1.54) is 25.3 Å². The number of hydrogen-bond donors (Lipinski definition) is 3. The van der Waals surface area contributed by atoms with E-state index in [-0.39, 0.29) is 61.3 Å². The van der Waals surface area contributed by atoms with E-state index < -0.39 is 29.8 Å². The van der Waals surface area contributed by atoms with Crippen molar-refractivity contribution in [1.82, 2.24) is 40.7 Å². The Kier molecular flexibility index (Phi) is 8.76. The minimum absolute atomic E-state index is 0.00739. The number of fused-ring (bicyclic) bond motifs is 1. The molecule has 2 atom stereocenters. The summed E-state index contributed by atoms with van der Waals surface area (Å²) in [5.41, 5.74) is 1.67. The molecule has 0 aliphatic carbocycles. The Hall–Kier alpha value is -4.72. The number of aromatic amines is 1. The molecule has 0 unspecified atom stereocenters. The number of carbonyl (C=O) groups excluding carboxylic acids is 4. The van der Waals surface area contributed by atoms with Gasteiger partial charge in [-0.3, -0.25) is 19.2 Å². The van der Waals surface area contributed by atoms with E-state index >= 15 is 0 Å². The number of likely N-dealkylation sites (tertiary alicyclic amines) is 1. The van der Waals surface area contributed by atoms with Crippen molar-refractivity contribution in [2.45, 2.75) is 51.6 Å². The normalized spacial score (nSPS) is 16.4. The smallest absolute Gasteiger partial charge is 0.243 e. The van der Waals surface area contributed by atoms with Crippen LogP contribution in [0.2, 0.25) is 5.02 Å². The second-order valence-electron chi connectivity index (χ2n) is 10.2. The molecule has 4 aromatic rings. The van der Waals surface area contributed by atoms with Crippen LogP contribution in [0, 0.1) is 5.82 Å². The number of benzene rings is 2. The summed E-state index contributed by atoms with van der Waals surface area (Å²) >= 11 is 5.81. The summed E-state index contributed by atoms with van der Waals surface area (Å²) < 4.78 is 30.3. The molecule has 15 heteroatoms. The van der Waals surface area contributed by atoms with Crippen molar-refractivity contribution < 1.29 is 28.0 Å². The summed E-state index contributed by atoms with van der Waals surface area (Å²) in [5.74, 6) is -2.03. The van der Waals surface area contributed by atoms with Gasteiger partial charge in [-0.15, -0.1) is 10.2 Å². The van der Waals surface area contributed by atoms with Crippen LogP contribution in [-0.4, -0.2) is 72.4 Å². The molecule has 2 aromatic carbocycles. The maximum Gasteiger partial charge on any atom is 0.243 e. The third kappa shape index (κ3) is 6.69. The lowest BCUT2D eigenvalue weighted by molar-refractivity contribution is -0.139. The van der Waals surface area contributed by atoms with Gasteiger partial charge in [0.1, 0.15) is 24.6 Å². The van der Waals surface area contributed by atoms with E-state index in [1.807, 2.05) is 0 Å². The third-order valence-corrected chi connectivity index (χ3v) is 7.48. The van der Waals surface area contributed by atoms with Gasteiger partial charge in [0.2, 0.25) is 17.7 Å². The van der Waals surface area contributed by atoms with Gasteiger partial charge in [0.05, 0.1) is 24.5 Å². The molecule has 12 nitrogen and oxygen atoms in total. The van der Waals surface area contributed by atoms with Crippen LogP contribution in [0.15, 0.2) is 42.6 Å². The van der Waals surface area contributed by atoms with Crippen LogP contribution in [0.4, 0.5) is 8.78 Å². The van der Waals surface area contributed by atoms with Crippen molar-refractivity contribution in [3.05, 3.63) is 75.9 Å². The topological polar surface area (TPSA) is 155 Å². The summed E-state index contributed by atoms with van der Waals surface area (Å²) in [6, 6.07) is 8.41. The molecule has 224 valence electrons. The van der Waals surface area contributed by atoms with Gasteiger partial charge in [-0.05, 0) is 24.6 Å². The number of Topliss-reactive ketones (excluding diaryl/α,β-unsaturated/α-hetero) is 1. The zero-order valence-electron chi connectivity index (χ0n) is 22.9. The minimum atomic E-state index is -1.42. The standard InChI is InChI=1S/C28H27ClF2N8O4/c1-15(40)20-13-38(22-7-16(5-6-19(20)22)8-25(41)32-11-24-34-36-37-35-24)14-26(42)39-12-18(30)9-23(39)28(43)33-10-17-3-2-4-21(29)27(17)31/h2-7,13,18,23H,8-12,14H2,1H3,(H,32,41)(H,33,43)(H,34,35,36,37)/t18-,23+/m1/s1. The van der Waals surface area contributed by atoms with E-state index in [0.717, 1.165) is 4.90 Å². The van der Waals surface area contributed by atoms with Gasteiger partial charge in [-0.1, -0.05) is 41.1 Å². The fourth-order valence-electron chi connectivity index (χ4n) is 5.07. The summed E-state index contributed by atoms with van der Waals surface area (Å²) in [5, 5.41) is 19.0. The molecular weight excluding hydrogens is 586 g/mol. The average molecular weight is 613 g/mol. The van der Waals surface area contributed by atoms with Crippen LogP contribution in [0.25, 0.3) is 10.9 Å². The maximum atomic E-state index is 14.5. The molecule has 3 amide bonds. The predicted molar refractivity (Wildman–Crippen MR) is 150 cm³/mol. The lowest BCUT2D eigenvalue weighted by Gasteiger charge is -2.24. The second kappa shape index (κ2) is 12.7. The van der Waals surface area contributed by atoms with E-state index in [1.54, 1.807) is 28.8 Å². The van der Waals surface area contributed by atoms with Crippen LogP contribution < -0.4 is 10.6 Å². The monoisotopic (exact) mass is 612 g/mol. The summed E-state index contributed by atoms with van der Waals surface area (Å²) in [7, 11) is 0. The molecule has 3 heterocycles. The lowest BCUT2D eigenvalue weighted by Crippen LogP contribution is -2.46. The molecule has 0 radical (unpaired) electrons. The third-order valence-electron chi connectivity index (χ3n) is 7.19. The van der Waals surface area contributed by atoms with E-state index in [0.29, 0.717) is 27.9 Å². The zero-order chi connectivity index (χ0) is 30.7. The van der Waals surface area contributed by atoms with E-state index in [2.05, 4.69) is 31.3 Å². The molecule has 1 fully saturated rings. The Labute approximate surface area is 248 Å². The molecule has 2 aromatic heterocycles. The first kappa shape index (κ1) is 29.8. The lowest BCUT2D eigenvalue weighted by atomic mass is 10.1. The predicted octanol–water partition coefficient (Wildman–Crippen LogP) is 2.26. The molecule has 43 heavy (non-hydrogen) atoms. The highest BCUT2D eigenvalue weighted by Crippen LogP contribution is 2.26. The van der Waals surface area contributed by atoms with E-state index in [9.17, 15) is 28.0 Å². The van der Waals surface area contributed by atoms with Crippen molar-refractivity contribution in [3.63, 3.8) is 0 Å². The second-order valence-corrected chi connectivity index (χ2v) is 10.6. The van der Waals surface area contributed by atoms with E-state index in [4.69, 9.17) is 11.6 Å². The Balaban J connectivity index is 1.31. The van der Waals surface area contributed by atoms with Crippen LogP contribution in [0.3, 0.4) is 0 Å². The Bertz CT molecular complexity index is 1690. The Morgan fingerprint density at radius 2 is 1.95 bits per heavy atom. The van der Waals surface area contributed by atoms with Crippen LogP contribution in [-0.2, 0) is 40.4 Å². The number of nitrogens with one attached hydrogen (secondary N) is 3. The summed E-state index contributed by atoms with van der Waals surface area (Å²) in [6.45, 7) is 0.739. The van der Waals surface area contributed by atoms with Gasteiger partial charge in [0.25, 0.3) is 0 Å². The number of rotatable bonds is 10. The summed E-state index contributed by atoms with van der Waals surface area (Å²) in [6.07, 6.45) is -0.0863. The fourth-order valence-corrected chi connectivity index (χ4v) is 5.27. The Morgan fingerprint density at radius 3 is 2.70 bits per heavy atom. The highest BCUT2D eigenvalue weighted by Gasteiger charge is 2.39. The first-order chi connectivity index (χ1) is 20.6. The highest BCUT2D eigenvalue weighted by molar-refractivity contribution is 6.30. The largest absolute Gasteiger partial charge is 0.350 e. The van der Waals surface area contributed by atoms with Gasteiger partial charge < -0.3 is 20.1 Å². The van der Waals surface area contributed by atoms with Gasteiger partial charge in [-0.2, -0.15) is 5.21 Å². The molecule has 5 rings (SSSR count). The molecule has 0 saturated carbocycles. The maximum absolute atomic E-state index is 14.5. The first-order valence-corrected chi connectivity index (χ1v) is 13.7. The molecule has 1 aliphatic rings. The number of amides is 3. The number of ketones is 1. The zero-order valence-corrected chi connectivity index (χ0v) is 23.7. The van der Waals surface area contributed by atoms with Gasteiger partial charge in [0, 0.05) is 41.2 Å². The number of H-pyrrole nitrogens is 1. The Morgan fingerprint density at radius 1 is 1.14 bits per heavy atom. The minimum Gasteiger partial charge on any atom is -0.350 e. The van der Waals surface area contributed by atoms with Crippen molar-refractivity contribution >= 4 is 46.0 Å². The summed E-state index contributed by atoms with van der Waals surface area (Å²) in [4.78, 5) is 52.4. The number of nitrogens with zero attached hydrogens (tertiary/aromatic N) is 5. The number of tetrazole rings is 1. The van der Waals surface area contributed by atoms with Crippen LogP contribution in [0.1, 0.15) is 40.7 Å². The van der Waals surface area contributed by atoms with Crippen LogP contribution in [0.5, 0.6) is 0 Å². The number of aromatic nitrogens is 5. The SMILES string of the molecule is CC(=O)c1cn(CC(=O)N2C[C@H](F)C[C@H]2C(=O)NCc2cccc(Cl)c2F)c2cc(CC(=O)NCc3nn[nH]n3)ccc12. The average Bonchev–Trinajstić information content (AvgIpc) is 3.72. The number of halogens is 3. The molecule has 0 bridgehead atoms. The van der Waals surface area contributed by atoms with Gasteiger partial charge >= 0.3 is 0 Å². The number of hydrogen-bond acceptors (Lipinski definition) is 7. The molecular formula is C28H27ClF2N8O4. The van der Waals surface area contributed by atoms with Crippen molar-refractivity contribution in [2.24, 2.45) is 0 Å². The number of alkyl halides is 1. The van der Waals surface area contributed by atoms with Crippen molar-refractivity contribution in [3.8, 4) is 0 Å². The van der Waals surface area contributed by atoms with Crippen molar-refractivity contribution in [1.29, 1.82) is 0 Å². The fraction of sp³-hybridized carbons (Fsp3) is 0.321. The van der Waals surface area contributed by atoms with Crippen LogP contribution >= 0.6 is 11.6 Å². The van der Waals surface area contributed by atoms with Crippen molar-refractivity contribution in [2.75, 3.05) is 6.54 Å². The first-order valence-electron chi connectivity index (χ1n) is 13.4. The van der Waals surface area contributed by atoms with Gasteiger partial charge in [0.15, 0.2) is 11.6 Å². The quantitative estimate of drug-likeness (QED) is 0.232. The highest BCUT2D eigenvalue weighted by atomic mass is 35.5.